The van der Waals surface area contributed by atoms with Gasteiger partial charge in [-0.25, -0.2) is 0 Å². The van der Waals surface area contributed by atoms with E-state index in [9.17, 15) is 4.79 Å². The standard InChI is InChI=1S/C11H12Cl4N2O/c1-17(2)10(11(13,14)15)16-9(18)7-5-3-4-6-8(7)12/h3-6,10H,1-2H3,(H,16,18)/p+1/t10-/m1/s1. The Morgan fingerprint density at radius 1 is 1.28 bits per heavy atom. The van der Waals surface area contributed by atoms with Crippen molar-refractivity contribution in [2.24, 2.45) is 0 Å². The van der Waals surface area contributed by atoms with E-state index < -0.39 is 9.96 Å². The molecule has 100 valence electrons. The smallest absolute Gasteiger partial charge is 0.262 e. The summed E-state index contributed by atoms with van der Waals surface area (Å²) in [6.07, 6.45) is -0.675. The number of hydrogen-bond donors (Lipinski definition) is 2. The number of quaternary nitrogens is 1. The number of halogens is 4. The molecular weight excluding hydrogens is 318 g/mol. The van der Waals surface area contributed by atoms with Crippen LogP contribution in [0.5, 0.6) is 0 Å². The number of carbonyl (C=O) groups excluding carboxylic acids is 1. The molecule has 18 heavy (non-hydrogen) atoms. The summed E-state index contributed by atoms with van der Waals surface area (Å²) in [5.74, 6) is -0.377. The van der Waals surface area contributed by atoms with Crippen LogP contribution < -0.4 is 10.2 Å². The van der Waals surface area contributed by atoms with Gasteiger partial charge in [0.1, 0.15) is 0 Å². The van der Waals surface area contributed by atoms with E-state index in [0.29, 0.717) is 10.6 Å². The number of benzene rings is 1. The van der Waals surface area contributed by atoms with Crippen LogP contribution in [0.1, 0.15) is 10.4 Å². The van der Waals surface area contributed by atoms with Gasteiger partial charge in [-0.15, -0.1) is 0 Å². The Morgan fingerprint density at radius 3 is 2.28 bits per heavy atom. The zero-order valence-corrected chi connectivity index (χ0v) is 12.8. The van der Waals surface area contributed by atoms with E-state index in [2.05, 4.69) is 5.32 Å². The summed E-state index contributed by atoms with van der Waals surface area (Å²) in [5.41, 5.74) is 0.347. The summed E-state index contributed by atoms with van der Waals surface area (Å²) >= 11 is 23.4. The Kier molecular flexibility index (Phi) is 5.56. The molecule has 2 N–H and O–H groups in total. The van der Waals surface area contributed by atoms with Gasteiger partial charge in [0.25, 0.3) is 9.70 Å². The van der Waals surface area contributed by atoms with Crippen molar-refractivity contribution < 1.29 is 9.69 Å². The lowest BCUT2D eigenvalue weighted by atomic mass is 10.2. The molecule has 0 saturated carbocycles. The number of nitrogens with one attached hydrogen (secondary N) is 2. The van der Waals surface area contributed by atoms with E-state index in [0.717, 1.165) is 4.90 Å². The molecule has 1 amide bonds. The van der Waals surface area contributed by atoms with Crippen LogP contribution >= 0.6 is 46.4 Å². The second kappa shape index (κ2) is 6.31. The Hall–Kier alpha value is -0.190. The van der Waals surface area contributed by atoms with Crippen molar-refractivity contribution in [1.29, 1.82) is 0 Å². The number of rotatable bonds is 3. The molecule has 0 aromatic heterocycles. The Labute approximate surface area is 126 Å². The van der Waals surface area contributed by atoms with Crippen molar-refractivity contribution in [3.8, 4) is 0 Å². The highest BCUT2D eigenvalue weighted by atomic mass is 35.6. The lowest BCUT2D eigenvalue weighted by molar-refractivity contribution is -0.887. The quantitative estimate of drug-likeness (QED) is 0.644. The second-order valence-electron chi connectivity index (χ2n) is 4.01. The van der Waals surface area contributed by atoms with E-state index in [-0.39, 0.29) is 5.91 Å². The highest BCUT2D eigenvalue weighted by Crippen LogP contribution is 2.28. The van der Waals surface area contributed by atoms with E-state index in [1.54, 1.807) is 38.4 Å². The average molecular weight is 331 g/mol. The van der Waals surface area contributed by atoms with Crippen LogP contribution in [0.4, 0.5) is 0 Å². The maximum Gasteiger partial charge on any atom is 0.262 e. The second-order valence-corrected chi connectivity index (χ2v) is 6.78. The summed E-state index contributed by atoms with van der Waals surface area (Å²) in [5, 5.41) is 3.01. The van der Waals surface area contributed by atoms with E-state index >= 15 is 0 Å². The fourth-order valence-corrected chi connectivity index (χ4v) is 2.45. The molecule has 0 bridgehead atoms. The molecule has 0 aliphatic carbocycles. The first kappa shape index (κ1) is 15.9. The van der Waals surface area contributed by atoms with Gasteiger partial charge in [0.15, 0.2) is 0 Å². The summed E-state index contributed by atoms with van der Waals surface area (Å²) in [6.45, 7) is 0. The summed E-state index contributed by atoms with van der Waals surface area (Å²) < 4.78 is -1.60. The van der Waals surface area contributed by atoms with E-state index in [1.807, 2.05) is 0 Å². The topological polar surface area (TPSA) is 33.5 Å². The predicted octanol–water partition coefficient (Wildman–Crippen LogP) is 1.91. The largest absolute Gasteiger partial charge is 0.317 e. The fraction of sp³-hybridized carbons (Fsp3) is 0.364. The molecule has 0 fully saturated rings. The van der Waals surface area contributed by atoms with Gasteiger partial charge in [0.2, 0.25) is 6.17 Å². The zero-order chi connectivity index (χ0) is 13.9. The molecule has 0 heterocycles. The lowest BCUT2D eigenvalue weighted by Gasteiger charge is -2.28. The average Bonchev–Trinajstić information content (AvgIpc) is 2.24. The van der Waals surface area contributed by atoms with Gasteiger partial charge in [-0.1, -0.05) is 58.5 Å². The van der Waals surface area contributed by atoms with Crippen LogP contribution in [0.25, 0.3) is 0 Å². The molecule has 0 aliphatic rings. The SMILES string of the molecule is C[NH+](C)[C@@H](NC(=O)c1ccccc1Cl)C(Cl)(Cl)Cl. The molecule has 3 nitrogen and oxygen atoms in total. The molecule has 0 radical (unpaired) electrons. The van der Waals surface area contributed by atoms with Crippen LogP contribution in [0, 0.1) is 0 Å². The minimum absolute atomic E-state index is 0.347. The van der Waals surface area contributed by atoms with Crippen molar-refractivity contribution in [2.45, 2.75) is 9.96 Å². The van der Waals surface area contributed by atoms with Crippen molar-refractivity contribution in [2.75, 3.05) is 14.1 Å². The Balaban J connectivity index is 2.90. The Bertz CT molecular complexity index is 431. The highest BCUT2D eigenvalue weighted by Gasteiger charge is 2.39. The van der Waals surface area contributed by atoms with Gasteiger partial charge in [0.05, 0.1) is 24.7 Å². The molecule has 0 unspecified atom stereocenters. The minimum Gasteiger partial charge on any atom is -0.317 e. The van der Waals surface area contributed by atoms with E-state index in [1.165, 1.54) is 0 Å². The van der Waals surface area contributed by atoms with Gasteiger partial charge in [0, 0.05) is 0 Å². The third kappa shape index (κ3) is 4.18. The number of alkyl halides is 3. The molecule has 0 spiro atoms. The van der Waals surface area contributed by atoms with Crippen molar-refractivity contribution in [3.05, 3.63) is 34.9 Å². The molecule has 7 heteroatoms. The van der Waals surface area contributed by atoms with Gasteiger partial charge in [-0.3, -0.25) is 10.1 Å². The normalized spacial score (nSPS) is 13.5. The summed E-state index contributed by atoms with van der Waals surface area (Å²) in [4.78, 5) is 12.8. The van der Waals surface area contributed by atoms with Crippen LogP contribution in [-0.4, -0.2) is 30.0 Å². The highest BCUT2D eigenvalue weighted by molar-refractivity contribution is 6.68. The van der Waals surface area contributed by atoms with E-state index in [4.69, 9.17) is 46.4 Å². The van der Waals surface area contributed by atoms with Crippen LogP contribution in [0.15, 0.2) is 24.3 Å². The third-order valence-corrected chi connectivity index (χ3v) is 3.28. The first-order valence-corrected chi connectivity index (χ1v) is 6.67. The maximum absolute atomic E-state index is 12.0. The first-order valence-electron chi connectivity index (χ1n) is 5.15. The number of carbonyl (C=O) groups is 1. The van der Waals surface area contributed by atoms with Crippen molar-refractivity contribution in [1.82, 2.24) is 5.32 Å². The van der Waals surface area contributed by atoms with Gasteiger partial charge in [-0.05, 0) is 12.1 Å². The third-order valence-electron chi connectivity index (χ3n) is 2.30. The molecule has 1 atom stereocenters. The number of hydrogen-bond acceptors (Lipinski definition) is 1. The van der Waals surface area contributed by atoms with Crippen LogP contribution in [-0.2, 0) is 0 Å². The van der Waals surface area contributed by atoms with Gasteiger partial charge < -0.3 is 4.90 Å². The van der Waals surface area contributed by atoms with Crippen molar-refractivity contribution >= 4 is 52.3 Å². The van der Waals surface area contributed by atoms with Gasteiger partial charge >= 0.3 is 0 Å². The van der Waals surface area contributed by atoms with Crippen molar-refractivity contribution in [3.63, 3.8) is 0 Å². The molecule has 1 aromatic carbocycles. The lowest BCUT2D eigenvalue weighted by Crippen LogP contribution is -3.14. The number of amides is 1. The Morgan fingerprint density at radius 2 is 1.83 bits per heavy atom. The molecule has 0 aliphatic heterocycles. The van der Waals surface area contributed by atoms with Crippen LogP contribution in [0.3, 0.4) is 0 Å². The predicted molar refractivity (Wildman–Crippen MR) is 75.8 cm³/mol. The summed E-state index contributed by atoms with van der Waals surface area (Å²) in [6, 6.07) is 6.69. The molecule has 0 saturated heterocycles. The van der Waals surface area contributed by atoms with Gasteiger partial charge in [-0.2, -0.15) is 0 Å². The molecule has 1 aromatic rings. The minimum atomic E-state index is -1.60. The zero-order valence-electron chi connectivity index (χ0n) is 9.81. The monoisotopic (exact) mass is 329 g/mol. The van der Waals surface area contributed by atoms with Crippen LogP contribution in [0.2, 0.25) is 5.02 Å². The first-order chi connectivity index (χ1) is 8.23. The fourth-order valence-electron chi connectivity index (χ4n) is 1.41. The summed E-state index contributed by atoms with van der Waals surface area (Å²) in [7, 11) is 3.55. The molecule has 1 rings (SSSR count). The molecular formula is C11H13Cl4N2O+. The maximum atomic E-state index is 12.0.